The molecule has 2 aromatic rings. The number of para-hydroxylation sites is 1. The molecule has 0 bridgehead atoms. The molecule has 8 nitrogen and oxygen atoms in total. The number of nitrogens with one attached hydrogen (secondary N) is 1. The molecule has 0 spiro atoms. The zero-order chi connectivity index (χ0) is 22.9. The van der Waals surface area contributed by atoms with Crippen LogP contribution in [-0.4, -0.2) is 87.6 Å². The van der Waals surface area contributed by atoms with Gasteiger partial charge in [0.05, 0.1) is 22.7 Å². The van der Waals surface area contributed by atoms with Crippen molar-refractivity contribution in [1.82, 2.24) is 15.1 Å². The topological polar surface area (TPSA) is 82.2 Å². The highest BCUT2D eigenvalue weighted by molar-refractivity contribution is 7.12. The zero-order valence-electron chi connectivity index (χ0n) is 18.6. The van der Waals surface area contributed by atoms with E-state index in [0.717, 1.165) is 6.42 Å². The smallest absolute Gasteiger partial charge is 0.268 e. The molecule has 1 saturated heterocycles. The van der Waals surface area contributed by atoms with Crippen LogP contribution in [0.4, 0.5) is 5.69 Å². The van der Waals surface area contributed by atoms with Crippen molar-refractivity contribution < 1.29 is 19.1 Å². The van der Waals surface area contributed by atoms with Crippen LogP contribution < -0.4 is 10.2 Å². The Morgan fingerprint density at radius 3 is 2.53 bits per heavy atom. The number of benzene rings is 1. The first-order chi connectivity index (χ1) is 15.5. The number of carbonyl (C=O) groups excluding carboxylic acids is 3. The van der Waals surface area contributed by atoms with E-state index in [1.807, 2.05) is 28.5 Å². The van der Waals surface area contributed by atoms with E-state index in [9.17, 15) is 14.4 Å². The van der Waals surface area contributed by atoms with E-state index in [-0.39, 0.29) is 17.7 Å². The van der Waals surface area contributed by atoms with E-state index in [4.69, 9.17) is 4.74 Å². The lowest BCUT2D eigenvalue weighted by atomic mass is 10.1. The number of carbonyl (C=O) groups is 3. The predicted molar refractivity (Wildman–Crippen MR) is 125 cm³/mol. The number of methoxy groups -OCH3 is 1. The second kappa shape index (κ2) is 11.8. The largest absolute Gasteiger partial charge is 0.385 e. The van der Waals surface area contributed by atoms with Gasteiger partial charge in [-0.05, 0) is 30.0 Å². The highest BCUT2D eigenvalue weighted by atomic mass is 32.1. The Morgan fingerprint density at radius 1 is 1.09 bits per heavy atom. The number of amides is 3. The first-order valence-electron chi connectivity index (χ1n) is 10.7. The number of ether oxygens (including phenoxy) is 1. The molecule has 172 valence electrons. The molecule has 32 heavy (non-hydrogen) atoms. The molecule has 0 atom stereocenters. The average molecular weight is 459 g/mol. The number of nitrogens with zero attached hydrogens (tertiary/aromatic N) is 3. The molecule has 0 radical (unpaired) electrons. The normalized spacial score (nSPS) is 14.2. The quantitative estimate of drug-likeness (QED) is 0.581. The molecule has 3 rings (SSSR count). The summed E-state index contributed by atoms with van der Waals surface area (Å²) in [4.78, 5) is 44.1. The van der Waals surface area contributed by atoms with Gasteiger partial charge in [-0.2, -0.15) is 0 Å². The minimum atomic E-state index is -0.137. The van der Waals surface area contributed by atoms with Gasteiger partial charge in [0.25, 0.3) is 11.8 Å². The van der Waals surface area contributed by atoms with E-state index in [2.05, 4.69) is 5.32 Å². The summed E-state index contributed by atoms with van der Waals surface area (Å²) in [6, 6.07) is 10.8. The van der Waals surface area contributed by atoms with Crippen molar-refractivity contribution in [2.75, 3.05) is 64.9 Å². The maximum atomic E-state index is 13.2. The summed E-state index contributed by atoms with van der Waals surface area (Å²) in [6.07, 6.45) is 0.785. The molecule has 1 aromatic heterocycles. The third-order valence-electron chi connectivity index (χ3n) is 5.41. The standard InChI is InChI=1S/C23H30N4O4S/c1-25(23(30)20-9-5-16-32-20)19-8-4-3-7-18(19)22(29)27-13-11-26(12-14-27)17-21(28)24-10-6-15-31-2/h3-5,7-9,16H,6,10-15,17H2,1-2H3,(H,24,28). The number of anilines is 1. The molecule has 1 fully saturated rings. The van der Waals surface area contributed by atoms with Crippen molar-refractivity contribution in [2.45, 2.75) is 6.42 Å². The minimum Gasteiger partial charge on any atom is -0.385 e. The summed E-state index contributed by atoms with van der Waals surface area (Å²) < 4.78 is 4.98. The van der Waals surface area contributed by atoms with E-state index in [1.54, 1.807) is 37.3 Å². The molecule has 1 N–H and O–H groups in total. The van der Waals surface area contributed by atoms with Crippen molar-refractivity contribution in [3.8, 4) is 0 Å². The molecule has 0 aliphatic carbocycles. The number of hydrogen-bond donors (Lipinski definition) is 1. The zero-order valence-corrected chi connectivity index (χ0v) is 19.4. The van der Waals surface area contributed by atoms with Gasteiger partial charge in [-0.15, -0.1) is 11.3 Å². The van der Waals surface area contributed by atoms with Gasteiger partial charge in [0.1, 0.15) is 0 Å². The molecule has 3 amide bonds. The summed E-state index contributed by atoms with van der Waals surface area (Å²) in [5.74, 6) is -0.253. The third-order valence-corrected chi connectivity index (χ3v) is 6.26. The number of thiophene rings is 1. The summed E-state index contributed by atoms with van der Waals surface area (Å²) in [6.45, 7) is 3.87. The first-order valence-corrected chi connectivity index (χ1v) is 11.6. The lowest BCUT2D eigenvalue weighted by molar-refractivity contribution is -0.122. The van der Waals surface area contributed by atoms with Gasteiger partial charge in [-0.1, -0.05) is 18.2 Å². The maximum absolute atomic E-state index is 13.2. The number of hydrogen-bond acceptors (Lipinski definition) is 6. The van der Waals surface area contributed by atoms with Gasteiger partial charge in [-0.25, -0.2) is 0 Å². The molecule has 1 aromatic carbocycles. The maximum Gasteiger partial charge on any atom is 0.268 e. The van der Waals surface area contributed by atoms with Crippen LogP contribution in [0.1, 0.15) is 26.5 Å². The Morgan fingerprint density at radius 2 is 1.84 bits per heavy atom. The fraction of sp³-hybridized carbons (Fsp3) is 0.435. The molecule has 0 saturated carbocycles. The molecule has 0 unspecified atom stereocenters. The van der Waals surface area contributed by atoms with Gasteiger partial charge < -0.3 is 19.9 Å². The molecular weight excluding hydrogens is 428 g/mol. The van der Waals surface area contributed by atoms with Crippen LogP contribution in [0.25, 0.3) is 0 Å². The van der Waals surface area contributed by atoms with Gasteiger partial charge in [0.15, 0.2) is 0 Å². The summed E-state index contributed by atoms with van der Waals surface area (Å²) in [7, 11) is 3.33. The second-order valence-electron chi connectivity index (χ2n) is 7.62. The summed E-state index contributed by atoms with van der Waals surface area (Å²) in [5, 5.41) is 4.75. The van der Waals surface area contributed by atoms with Crippen LogP contribution >= 0.6 is 11.3 Å². The average Bonchev–Trinajstić information content (AvgIpc) is 3.36. The van der Waals surface area contributed by atoms with Crippen molar-refractivity contribution in [3.63, 3.8) is 0 Å². The molecular formula is C23H30N4O4S. The Balaban J connectivity index is 1.56. The predicted octanol–water partition coefficient (Wildman–Crippen LogP) is 1.94. The SMILES string of the molecule is COCCCNC(=O)CN1CCN(C(=O)c2ccccc2N(C)C(=O)c2cccs2)CC1. The van der Waals surface area contributed by atoms with Crippen LogP contribution in [0.15, 0.2) is 41.8 Å². The lowest BCUT2D eigenvalue weighted by Crippen LogP contribution is -2.51. The highest BCUT2D eigenvalue weighted by Crippen LogP contribution is 2.24. The van der Waals surface area contributed by atoms with E-state index in [1.165, 1.54) is 16.2 Å². The van der Waals surface area contributed by atoms with Gasteiger partial charge in [-0.3, -0.25) is 19.3 Å². The van der Waals surface area contributed by atoms with Gasteiger partial charge in [0, 0.05) is 53.5 Å². The van der Waals surface area contributed by atoms with Crippen molar-refractivity contribution in [1.29, 1.82) is 0 Å². The van der Waals surface area contributed by atoms with Crippen LogP contribution in [-0.2, 0) is 9.53 Å². The summed E-state index contributed by atoms with van der Waals surface area (Å²) in [5.41, 5.74) is 1.10. The molecule has 2 heterocycles. The molecule has 1 aliphatic rings. The molecule has 1 aliphatic heterocycles. The first kappa shape index (κ1) is 23.9. The Kier molecular flexibility index (Phi) is 8.78. The van der Waals surface area contributed by atoms with E-state index >= 15 is 0 Å². The third kappa shape index (κ3) is 6.15. The lowest BCUT2D eigenvalue weighted by Gasteiger charge is -2.35. The van der Waals surface area contributed by atoms with Crippen LogP contribution in [0.5, 0.6) is 0 Å². The van der Waals surface area contributed by atoms with Crippen molar-refractivity contribution >= 4 is 34.7 Å². The number of rotatable bonds is 9. The van der Waals surface area contributed by atoms with Crippen molar-refractivity contribution in [2.24, 2.45) is 0 Å². The van der Waals surface area contributed by atoms with Gasteiger partial charge >= 0.3 is 0 Å². The fourth-order valence-electron chi connectivity index (χ4n) is 3.60. The number of piperazine rings is 1. The van der Waals surface area contributed by atoms with Gasteiger partial charge in [0.2, 0.25) is 5.91 Å². The van der Waals surface area contributed by atoms with Crippen LogP contribution in [0.2, 0.25) is 0 Å². The Labute approximate surface area is 192 Å². The van der Waals surface area contributed by atoms with E-state index < -0.39 is 0 Å². The minimum absolute atomic E-state index is 0.0139. The molecule has 9 heteroatoms. The monoisotopic (exact) mass is 458 g/mol. The van der Waals surface area contributed by atoms with Crippen molar-refractivity contribution in [3.05, 3.63) is 52.2 Å². The van der Waals surface area contributed by atoms with Crippen LogP contribution in [0.3, 0.4) is 0 Å². The van der Waals surface area contributed by atoms with Crippen LogP contribution in [0, 0.1) is 0 Å². The highest BCUT2D eigenvalue weighted by Gasteiger charge is 2.26. The summed E-state index contributed by atoms with van der Waals surface area (Å²) >= 11 is 1.38. The van der Waals surface area contributed by atoms with E-state index in [0.29, 0.717) is 62.0 Å². The fourth-order valence-corrected chi connectivity index (χ4v) is 4.30. The Bertz CT molecular complexity index is 910. The Hall–Kier alpha value is -2.75. The second-order valence-corrected chi connectivity index (χ2v) is 8.57.